The maximum atomic E-state index is 13.2. The van der Waals surface area contributed by atoms with Crippen molar-refractivity contribution in [1.29, 1.82) is 0 Å². The average Bonchev–Trinajstić information content (AvgIpc) is 3.44. The standard InChI is InChI=1S/C29H47NO6Si/c1-18(2)37(19(3)4,20(5)6)36-26-24-22(15-21-13-11-10-12-14-21)16-33-17-23(27(31)34-25(24)26)30-28(32)35-29(7,8)9/h10-14,18-20,22-26H,15-17H2,1-9H3,(H,30,32)/t22-,23-,24+,25+,26?/m0/s1. The molecule has 1 amide bonds. The number of carbonyl (C=O) groups is 2. The summed E-state index contributed by atoms with van der Waals surface area (Å²) in [5.74, 6) is -0.325. The van der Waals surface area contributed by atoms with Crippen LogP contribution in [0.5, 0.6) is 0 Å². The minimum atomic E-state index is -2.20. The maximum absolute atomic E-state index is 13.2. The average molecular weight is 534 g/mol. The molecular formula is C29H47NO6Si. The number of nitrogens with one attached hydrogen (secondary N) is 1. The molecule has 7 nitrogen and oxygen atoms in total. The van der Waals surface area contributed by atoms with Gasteiger partial charge in [0.1, 0.15) is 11.7 Å². The van der Waals surface area contributed by atoms with E-state index in [-0.39, 0.29) is 30.7 Å². The van der Waals surface area contributed by atoms with E-state index in [0.717, 1.165) is 6.42 Å². The fourth-order valence-corrected chi connectivity index (χ4v) is 11.7. The second-order valence-corrected chi connectivity index (χ2v) is 18.0. The highest BCUT2D eigenvalue weighted by atomic mass is 28.4. The Hall–Kier alpha value is -1.90. The van der Waals surface area contributed by atoms with Crippen LogP contribution in [0.2, 0.25) is 16.6 Å². The minimum absolute atomic E-state index is 0.0387. The Morgan fingerprint density at radius 3 is 2.16 bits per heavy atom. The summed E-state index contributed by atoms with van der Waals surface area (Å²) >= 11 is 0. The van der Waals surface area contributed by atoms with E-state index >= 15 is 0 Å². The summed E-state index contributed by atoms with van der Waals surface area (Å²) in [5, 5.41) is 2.65. The predicted molar refractivity (Wildman–Crippen MR) is 147 cm³/mol. The molecule has 1 saturated heterocycles. The van der Waals surface area contributed by atoms with Crippen molar-refractivity contribution >= 4 is 20.4 Å². The van der Waals surface area contributed by atoms with Crippen molar-refractivity contribution < 1.29 is 28.2 Å². The van der Waals surface area contributed by atoms with E-state index in [0.29, 0.717) is 23.2 Å². The molecule has 1 N–H and O–H groups in total. The summed E-state index contributed by atoms with van der Waals surface area (Å²) in [5.41, 5.74) is 1.80. The Labute approximate surface area is 224 Å². The minimum Gasteiger partial charge on any atom is -0.458 e. The van der Waals surface area contributed by atoms with Gasteiger partial charge < -0.3 is 24.0 Å². The number of fused-ring (bicyclic) bond motifs is 1. The van der Waals surface area contributed by atoms with Crippen LogP contribution >= 0.6 is 0 Å². The summed E-state index contributed by atoms with van der Waals surface area (Å²) in [4.78, 5) is 25.6. The smallest absolute Gasteiger partial charge is 0.408 e. The summed E-state index contributed by atoms with van der Waals surface area (Å²) in [6.07, 6.45) is -0.373. The fourth-order valence-electron chi connectivity index (χ4n) is 6.14. The van der Waals surface area contributed by atoms with Crippen molar-refractivity contribution in [2.45, 2.75) is 109 Å². The van der Waals surface area contributed by atoms with E-state index in [1.54, 1.807) is 20.8 Å². The van der Waals surface area contributed by atoms with Crippen LogP contribution in [0.15, 0.2) is 30.3 Å². The third-order valence-corrected chi connectivity index (χ3v) is 13.8. The maximum Gasteiger partial charge on any atom is 0.408 e. The molecule has 5 atom stereocenters. The van der Waals surface area contributed by atoms with Crippen molar-refractivity contribution in [2.24, 2.45) is 11.8 Å². The van der Waals surface area contributed by atoms with Crippen molar-refractivity contribution in [3.05, 3.63) is 35.9 Å². The first-order chi connectivity index (χ1) is 17.3. The van der Waals surface area contributed by atoms with Crippen LogP contribution < -0.4 is 5.32 Å². The predicted octanol–water partition coefficient (Wildman–Crippen LogP) is 5.87. The van der Waals surface area contributed by atoms with Gasteiger partial charge in [0, 0.05) is 5.92 Å². The number of hydrogen-bond donors (Lipinski definition) is 1. The van der Waals surface area contributed by atoms with E-state index < -0.39 is 32.0 Å². The molecule has 1 aliphatic heterocycles. The molecule has 1 aromatic carbocycles. The Bertz CT molecular complexity index is 891. The highest BCUT2D eigenvalue weighted by molar-refractivity contribution is 6.77. The SMILES string of the molecule is CC(C)[Si](OC1[C@@H]2[C@@H](Cc3ccccc3)COC[C@H](NC(=O)OC(C)(C)C)C(=O)O[C@@H]12)(C(C)C)C(C)C. The zero-order valence-corrected chi connectivity index (χ0v) is 25.1. The highest BCUT2D eigenvalue weighted by Gasteiger charge is 2.62. The number of ether oxygens (including phenoxy) is 3. The lowest BCUT2D eigenvalue weighted by molar-refractivity contribution is -0.149. The normalized spacial score (nSPS) is 26.7. The third-order valence-electron chi connectivity index (χ3n) is 7.72. The van der Waals surface area contributed by atoms with Crippen LogP contribution in [0, 0.1) is 11.8 Å². The van der Waals surface area contributed by atoms with Gasteiger partial charge in [0.15, 0.2) is 6.04 Å². The van der Waals surface area contributed by atoms with Gasteiger partial charge in [-0.2, -0.15) is 0 Å². The largest absolute Gasteiger partial charge is 0.458 e. The van der Waals surface area contributed by atoms with Crippen LogP contribution in [-0.4, -0.2) is 57.4 Å². The summed E-state index contributed by atoms with van der Waals surface area (Å²) in [6.45, 7) is 19.4. The molecule has 0 bridgehead atoms. The van der Waals surface area contributed by atoms with Crippen molar-refractivity contribution in [1.82, 2.24) is 5.32 Å². The Morgan fingerprint density at radius 2 is 1.62 bits per heavy atom. The molecule has 1 heterocycles. The van der Waals surface area contributed by atoms with Crippen LogP contribution in [0.25, 0.3) is 0 Å². The lowest BCUT2D eigenvalue weighted by atomic mass is 9.95. The monoisotopic (exact) mass is 533 g/mol. The Kier molecular flexibility index (Phi) is 9.51. The van der Waals surface area contributed by atoms with Crippen LogP contribution in [-0.2, 0) is 29.9 Å². The number of hydrogen-bond acceptors (Lipinski definition) is 6. The third kappa shape index (κ3) is 7.15. The fraction of sp³-hybridized carbons (Fsp3) is 0.724. The number of alkyl carbamates (subject to hydrolysis) is 1. The van der Waals surface area contributed by atoms with Gasteiger partial charge in [-0.15, -0.1) is 0 Å². The summed E-state index contributed by atoms with van der Waals surface area (Å²) in [7, 11) is -2.20. The molecule has 1 saturated carbocycles. The van der Waals surface area contributed by atoms with Crippen LogP contribution in [0.3, 0.4) is 0 Å². The van der Waals surface area contributed by atoms with Gasteiger partial charge in [-0.3, -0.25) is 0 Å². The summed E-state index contributed by atoms with van der Waals surface area (Å²) in [6, 6.07) is 9.40. The highest BCUT2D eigenvalue weighted by Crippen LogP contribution is 2.52. The second kappa shape index (κ2) is 11.9. The number of amides is 1. The van der Waals surface area contributed by atoms with Gasteiger partial charge >= 0.3 is 12.1 Å². The molecule has 1 aromatic rings. The molecule has 3 rings (SSSR count). The number of esters is 1. The molecule has 37 heavy (non-hydrogen) atoms. The van der Waals surface area contributed by atoms with Crippen LogP contribution in [0.4, 0.5) is 4.79 Å². The van der Waals surface area contributed by atoms with Crippen LogP contribution in [0.1, 0.15) is 67.9 Å². The van der Waals surface area contributed by atoms with Gasteiger partial charge in [-0.1, -0.05) is 71.9 Å². The zero-order chi connectivity index (χ0) is 27.5. The second-order valence-electron chi connectivity index (χ2n) is 12.6. The number of benzene rings is 1. The topological polar surface area (TPSA) is 83.1 Å². The molecule has 8 heteroatoms. The number of carbonyl (C=O) groups excluding carboxylic acids is 2. The molecule has 1 unspecified atom stereocenters. The van der Waals surface area contributed by atoms with E-state index in [4.69, 9.17) is 18.6 Å². The first kappa shape index (κ1) is 29.6. The molecule has 2 aliphatic rings. The molecule has 0 spiro atoms. The van der Waals surface area contributed by atoms with Gasteiger partial charge in [0.2, 0.25) is 8.32 Å². The molecule has 0 aromatic heterocycles. The van der Waals surface area contributed by atoms with Gasteiger partial charge in [-0.25, -0.2) is 9.59 Å². The molecule has 208 valence electrons. The van der Waals surface area contributed by atoms with E-state index in [1.165, 1.54) is 5.56 Å². The van der Waals surface area contributed by atoms with Crippen molar-refractivity contribution in [3.8, 4) is 0 Å². The Balaban J connectivity index is 1.86. The van der Waals surface area contributed by atoms with Crippen molar-refractivity contribution in [3.63, 3.8) is 0 Å². The quantitative estimate of drug-likeness (QED) is 0.332. The van der Waals surface area contributed by atoms with E-state index in [1.807, 2.05) is 18.2 Å². The molecule has 1 aliphatic carbocycles. The van der Waals surface area contributed by atoms with Gasteiger partial charge in [0.25, 0.3) is 0 Å². The zero-order valence-electron chi connectivity index (χ0n) is 24.1. The lowest BCUT2D eigenvalue weighted by Crippen LogP contribution is -2.49. The van der Waals surface area contributed by atoms with E-state index in [2.05, 4.69) is 59.0 Å². The number of rotatable bonds is 8. The van der Waals surface area contributed by atoms with Gasteiger partial charge in [-0.05, 0) is 55.3 Å². The Morgan fingerprint density at radius 1 is 1.03 bits per heavy atom. The summed E-state index contributed by atoms with van der Waals surface area (Å²) < 4.78 is 24.6. The first-order valence-electron chi connectivity index (χ1n) is 13.8. The lowest BCUT2D eigenvalue weighted by Gasteiger charge is -2.42. The molecular weight excluding hydrogens is 486 g/mol. The first-order valence-corrected chi connectivity index (χ1v) is 15.9. The molecule has 0 radical (unpaired) electrons. The van der Waals surface area contributed by atoms with Gasteiger partial charge in [0.05, 0.1) is 19.3 Å². The van der Waals surface area contributed by atoms with Crippen molar-refractivity contribution in [2.75, 3.05) is 13.2 Å². The van der Waals surface area contributed by atoms with E-state index in [9.17, 15) is 9.59 Å². The molecule has 2 fully saturated rings.